The average Bonchev–Trinajstić information content (AvgIpc) is 2.09. The molecule has 1 aliphatic rings. The number of hydrogen-bond acceptors (Lipinski definition) is 4. The molecule has 0 aliphatic carbocycles. The fourth-order valence-corrected chi connectivity index (χ4v) is 2.36. The molecule has 1 fully saturated rings. The van der Waals surface area contributed by atoms with Crippen LogP contribution in [0.4, 0.5) is 0 Å². The van der Waals surface area contributed by atoms with E-state index in [1.165, 1.54) is 0 Å². The molecule has 0 unspecified atom stereocenters. The second-order valence-electron chi connectivity index (χ2n) is 4.44. The van der Waals surface area contributed by atoms with Crippen LogP contribution in [0.15, 0.2) is 0 Å². The first-order valence-electron chi connectivity index (χ1n) is 5.10. The summed E-state index contributed by atoms with van der Waals surface area (Å²) in [5, 5.41) is 0. The van der Waals surface area contributed by atoms with E-state index in [-0.39, 0.29) is 11.5 Å². The number of ketones is 1. The van der Waals surface area contributed by atoms with E-state index in [0.717, 1.165) is 13.1 Å². The highest BCUT2D eigenvalue weighted by Gasteiger charge is 2.28. The van der Waals surface area contributed by atoms with E-state index < -0.39 is 10.1 Å². The monoisotopic (exact) mass is 235 g/mol. The summed E-state index contributed by atoms with van der Waals surface area (Å²) in [4.78, 5) is 11.0. The summed E-state index contributed by atoms with van der Waals surface area (Å²) in [5.41, 5.74) is 0. The Bertz CT molecular complexity index is 326. The zero-order valence-corrected chi connectivity index (χ0v) is 9.75. The van der Waals surface area contributed by atoms with Crippen molar-refractivity contribution >= 4 is 15.9 Å². The summed E-state index contributed by atoms with van der Waals surface area (Å²) in [7, 11) is -2.09. The van der Waals surface area contributed by atoms with E-state index in [0.29, 0.717) is 30.3 Å². The number of Topliss-reactive ketones (excluding diaryl/α,β-unsaturated/α-hetero) is 1. The minimum absolute atomic E-state index is 0.280. The molecule has 0 amide bonds. The van der Waals surface area contributed by atoms with Gasteiger partial charge in [-0.2, -0.15) is 0 Å². The summed E-state index contributed by atoms with van der Waals surface area (Å²) in [5.74, 6) is -0.0172. The van der Waals surface area contributed by atoms with Crippen LogP contribution >= 0.6 is 0 Å². The smallest absolute Gasteiger partial charge is 0.144 e. The maximum atomic E-state index is 11.0. The first-order valence-corrected chi connectivity index (χ1v) is 6.67. The molecule has 0 aromatic rings. The van der Waals surface area contributed by atoms with Crippen LogP contribution in [0.3, 0.4) is 0 Å². The van der Waals surface area contributed by atoms with E-state index in [1.54, 1.807) is 0 Å². The van der Waals surface area contributed by atoms with E-state index in [1.807, 2.05) is 7.05 Å². The standard InChI is InChI=1S/C9H17NO4S/c1-10(5-2-8-15(12,13)14)6-3-9(11)4-7-10/h2-8H2,1H3. The van der Waals surface area contributed by atoms with Crippen molar-refractivity contribution in [1.29, 1.82) is 0 Å². The maximum absolute atomic E-state index is 11.0. The van der Waals surface area contributed by atoms with Gasteiger partial charge in [0.25, 0.3) is 0 Å². The zero-order chi connectivity index (χ0) is 11.5. The van der Waals surface area contributed by atoms with Gasteiger partial charge in [0.2, 0.25) is 0 Å². The molecule has 6 heteroatoms. The molecule has 0 bridgehead atoms. The molecule has 0 atom stereocenters. The SMILES string of the molecule is C[N+]1(CCCS(=O)(=O)[O-])CCC(=O)CC1. The van der Waals surface area contributed by atoms with Gasteiger partial charge in [0, 0.05) is 12.2 Å². The van der Waals surface area contributed by atoms with E-state index >= 15 is 0 Å². The molecule has 0 saturated carbocycles. The van der Waals surface area contributed by atoms with Gasteiger partial charge in [-0.15, -0.1) is 0 Å². The van der Waals surface area contributed by atoms with Crippen LogP contribution in [0.2, 0.25) is 0 Å². The molecular formula is C9H17NO4S. The summed E-state index contributed by atoms with van der Waals surface area (Å²) >= 11 is 0. The van der Waals surface area contributed by atoms with Gasteiger partial charge in [0.05, 0.1) is 49.6 Å². The van der Waals surface area contributed by atoms with Crippen LogP contribution in [-0.2, 0) is 14.9 Å². The van der Waals surface area contributed by atoms with Gasteiger partial charge in [-0.1, -0.05) is 0 Å². The van der Waals surface area contributed by atoms with Crippen LogP contribution in [0.25, 0.3) is 0 Å². The number of rotatable bonds is 4. The van der Waals surface area contributed by atoms with Gasteiger partial charge >= 0.3 is 0 Å². The lowest BCUT2D eigenvalue weighted by atomic mass is 10.1. The zero-order valence-electron chi connectivity index (χ0n) is 8.94. The normalized spacial score (nSPS) is 21.6. The predicted molar refractivity (Wildman–Crippen MR) is 54.2 cm³/mol. The van der Waals surface area contributed by atoms with Crippen molar-refractivity contribution in [3.05, 3.63) is 0 Å². The summed E-state index contributed by atoms with van der Waals surface area (Å²) in [6.07, 6.45) is 1.53. The molecule has 1 heterocycles. The van der Waals surface area contributed by atoms with Crippen molar-refractivity contribution in [2.24, 2.45) is 0 Å². The van der Waals surface area contributed by atoms with Crippen molar-refractivity contribution in [3.8, 4) is 0 Å². The van der Waals surface area contributed by atoms with Crippen LogP contribution in [-0.4, -0.2) is 55.7 Å². The largest absolute Gasteiger partial charge is 0.748 e. The van der Waals surface area contributed by atoms with Gasteiger partial charge in [0.1, 0.15) is 5.78 Å². The van der Waals surface area contributed by atoms with E-state index in [9.17, 15) is 17.8 Å². The van der Waals surface area contributed by atoms with Gasteiger partial charge in [-0.05, 0) is 0 Å². The van der Waals surface area contributed by atoms with E-state index in [4.69, 9.17) is 0 Å². The Morgan fingerprint density at radius 1 is 1.33 bits per heavy atom. The Kier molecular flexibility index (Phi) is 3.86. The lowest BCUT2D eigenvalue weighted by Gasteiger charge is -2.37. The predicted octanol–water partition coefficient (Wildman–Crippen LogP) is -0.269. The van der Waals surface area contributed by atoms with Crippen LogP contribution in [0, 0.1) is 0 Å². The summed E-state index contributed by atoms with van der Waals surface area (Å²) in [6.45, 7) is 2.18. The highest BCUT2D eigenvalue weighted by atomic mass is 32.2. The van der Waals surface area contributed by atoms with Crippen molar-refractivity contribution in [1.82, 2.24) is 0 Å². The number of piperidine rings is 1. The quantitative estimate of drug-likeness (QED) is 0.496. The van der Waals surface area contributed by atoms with Crippen LogP contribution in [0.5, 0.6) is 0 Å². The third kappa shape index (κ3) is 4.72. The maximum Gasteiger partial charge on any atom is 0.144 e. The molecule has 88 valence electrons. The number of quaternary nitrogens is 1. The highest BCUT2D eigenvalue weighted by Crippen LogP contribution is 2.14. The summed E-state index contributed by atoms with van der Waals surface area (Å²) in [6, 6.07) is 0. The molecule has 1 rings (SSSR count). The lowest BCUT2D eigenvalue weighted by molar-refractivity contribution is -0.910. The third-order valence-corrected chi connectivity index (χ3v) is 3.74. The first-order chi connectivity index (χ1) is 6.81. The molecule has 0 aromatic heterocycles. The van der Waals surface area contributed by atoms with Crippen molar-refractivity contribution in [2.75, 3.05) is 32.4 Å². The molecule has 15 heavy (non-hydrogen) atoms. The topological polar surface area (TPSA) is 74.3 Å². The van der Waals surface area contributed by atoms with Crippen molar-refractivity contribution < 1.29 is 22.2 Å². The Hall–Kier alpha value is -0.460. The first kappa shape index (κ1) is 12.6. The Morgan fingerprint density at radius 3 is 2.33 bits per heavy atom. The lowest BCUT2D eigenvalue weighted by Crippen LogP contribution is -2.50. The van der Waals surface area contributed by atoms with Gasteiger partial charge in [0.15, 0.2) is 0 Å². The second-order valence-corrected chi connectivity index (χ2v) is 5.97. The third-order valence-electron chi connectivity index (χ3n) is 2.95. The van der Waals surface area contributed by atoms with Gasteiger partial charge < -0.3 is 9.04 Å². The molecule has 1 aliphatic heterocycles. The molecule has 0 N–H and O–H groups in total. The minimum atomic E-state index is -4.09. The number of carbonyl (C=O) groups is 1. The Balaban J connectivity index is 2.34. The van der Waals surface area contributed by atoms with Crippen molar-refractivity contribution in [2.45, 2.75) is 19.3 Å². The highest BCUT2D eigenvalue weighted by molar-refractivity contribution is 7.85. The fourth-order valence-electron chi connectivity index (χ4n) is 1.87. The average molecular weight is 235 g/mol. The second kappa shape index (κ2) is 4.59. The number of nitrogens with zero attached hydrogens (tertiary/aromatic N) is 1. The minimum Gasteiger partial charge on any atom is -0.748 e. The van der Waals surface area contributed by atoms with Gasteiger partial charge in [-0.3, -0.25) is 4.79 Å². The van der Waals surface area contributed by atoms with Gasteiger partial charge in [-0.25, -0.2) is 8.42 Å². The molecule has 1 saturated heterocycles. The number of carbonyl (C=O) groups excluding carboxylic acids is 1. The molecular weight excluding hydrogens is 218 g/mol. The van der Waals surface area contributed by atoms with E-state index in [2.05, 4.69) is 0 Å². The molecule has 5 nitrogen and oxygen atoms in total. The van der Waals surface area contributed by atoms with Crippen LogP contribution < -0.4 is 0 Å². The summed E-state index contributed by atoms with van der Waals surface area (Å²) < 4.78 is 31.9. The molecule has 0 spiro atoms. The Labute approximate surface area is 90.4 Å². The Morgan fingerprint density at radius 2 is 1.87 bits per heavy atom. The fraction of sp³-hybridized carbons (Fsp3) is 0.889. The molecule has 0 radical (unpaired) electrons. The molecule has 0 aromatic carbocycles. The van der Waals surface area contributed by atoms with Crippen molar-refractivity contribution in [3.63, 3.8) is 0 Å². The number of hydrogen-bond donors (Lipinski definition) is 0. The van der Waals surface area contributed by atoms with Crippen LogP contribution in [0.1, 0.15) is 19.3 Å². The number of likely N-dealkylation sites (tertiary alicyclic amines) is 1.